The van der Waals surface area contributed by atoms with Crippen molar-refractivity contribution in [3.8, 4) is 0 Å². The van der Waals surface area contributed by atoms with Crippen LogP contribution in [0.15, 0.2) is 24.3 Å². The molecule has 1 saturated heterocycles. The SMILES string of the molecule is CCC1CCCN(c2cccc(C(=O)O)c2)C1. The predicted molar refractivity (Wildman–Crippen MR) is 68.6 cm³/mol. The van der Waals surface area contributed by atoms with Crippen LogP contribution >= 0.6 is 0 Å². The molecule has 17 heavy (non-hydrogen) atoms. The van der Waals surface area contributed by atoms with Gasteiger partial charge in [-0.1, -0.05) is 19.4 Å². The van der Waals surface area contributed by atoms with Crippen LogP contribution in [0.25, 0.3) is 0 Å². The second-order valence-corrected chi connectivity index (χ2v) is 4.72. The number of aromatic carboxylic acids is 1. The van der Waals surface area contributed by atoms with Crippen molar-refractivity contribution in [1.82, 2.24) is 0 Å². The molecule has 1 N–H and O–H groups in total. The smallest absolute Gasteiger partial charge is 0.335 e. The molecule has 0 radical (unpaired) electrons. The fourth-order valence-corrected chi connectivity index (χ4v) is 2.47. The lowest BCUT2D eigenvalue weighted by molar-refractivity contribution is 0.0697. The Morgan fingerprint density at radius 1 is 1.53 bits per heavy atom. The van der Waals surface area contributed by atoms with Gasteiger partial charge in [-0.3, -0.25) is 0 Å². The summed E-state index contributed by atoms with van der Waals surface area (Å²) in [7, 11) is 0. The summed E-state index contributed by atoms with van der Waals surface area (Å²) in [4.78, 5) is 13.2. The monoisotopic (exact) mass is 233 g/mol. The average molecular weight is 233 g/mol. The zero-order valence-electron chi connectivity index (χ0n) is 10.2. The molecule has 0 aromatic heterocycles. The lowest BCUT2D eigenvalue weighted by atomic mass is 9.95. The lowest BCUT2D eigenvalue weighted by Crippen LogP contribution is -2.35. The number of benzene rings is 1. The molecule has 0 spiro atoms. The molecule has 3 heteroatoms. The first-order valence-electron chi connectivity index (χ1n) is 6.29. The van der Waals surface area contributed by atoms with E-state index in [1.165, 1.54) is 19.3 Å². The molecule has 1 unspecified atom stereocenters. The number of hydrogen-bond donors (Lipinski definition) is 1. The quantitative estimate of drug-likeness (QED) is 0.872. The van der Waals surface area contributed by atoms with E-state index in [1.807, 2.05) is 12.1 Å². The average Bonchev–Trinajstić information content (AvgIpc) is 2.39. The Labute approximate surface area is 102 Å². The van der Waals surface area contributed by atoms with Crippen molar-refractivity contribution >= 4 is 11.7 Å². The zero-order valence-corrected chi connectivity index (χ0v) is 10.2. The van der Waals surface area contributed by atoms with Crippen LogP contribution in [-0.4, -0.2) is 24.2 Å². The third-order valence-corrected chi connectivity index (χ3v) is 3.55. The molecule has 1 aliphatic rings. The van der Waals surface area contributed by atoms with Crippen molar-refractivity contribution in [3.63, 3.8) is 0 Å². The van der Waals surface area contributed by atoms with Crippen LogP contribution in [0, 0.1) is 5.92 Å². The van der Waals surface area contributed by atoms with Crippen LogP contribution in [0.1, 0.15) is 36.5 Å². The summed E-state index contributed by atoms with van der Waals surface area (Å²) in [6.07, 6.45) is 3.70. The van der Waals surface area contributed by atoms with Crippen LogP contribution < -0.4 is 4.90 Å². The summed E-state index contributed by atoms with van der Waals surface area (Å²) in [6.45, 7) is 4.32. The predicted octanol–water partition coefficient (Wildman–Crippen LogP) is 3.01. The summed E-state index contributed by atoms with van der Waals surface area (Å²) in [5, 5.41) is 8.99. The Hall–Kier alpha value is -1.51. The fourth-order valence-electron chi connectivity index (χ4n) is 2.47. The van der Waals surface area contributed by atoms with Gasteiger partial charge in [-0.05, 0) is 37.0 Å². The maximum absolute atomic E-state index is 10.9. The minimum atomic E-state index is -0.851. The zero-order chi connectivity index (χ0) is 12.3. The number of hydrogen-bond acceptors (Lipinski definition) is 2. The van der Waals surface area contributed by atoms with E-state index < -0.39 is 5.97 Å². The summed E-state index contributed by atoms with van der Waals surface area (Å²) in [6, 6.07) is 7.26. The molecule has 1 fully saturated rings. The van der Waals surface area contributed by atoms with Gasteiger partial charge < -0.3 is 10.0 Å². The number of nitrogens with zero attached hydrogens (tertiary/aromatic N) is 1. The summed E-state index contributed by atoms with van der Waals surface area (Å²) >= 11 is 0. The normalized spacial score (nSPS) is 20.3. The van der Waals surface area contributed by atoms with E-state index in [4.69, 9.17) is 5.11 Å². The molecule has 1 heterocycles. The number of carboxylic acid groups (broad SMARTS) is 1. The van der Waals surface area contributed by atoms with Gasteiger partial charge in [0.05, 0.1) is 5.56 Å². The first-order valence-corrected chi connectivity index (χ1v) is 6.29. The Kier molecular flexibility index (Phi) is 3.67. The van der Waals surface area contributed by atoms with Crippen LogP contribution in [0.5, 0.6) is 0 Å². The molecule has 92 valence electrons. The van der Waals surface area contributed by atoms with Gasteiger partial charge in [-0.2, -0.15) is 0 Å². The summed E-state index contributed by atoms with van der Waals surface area (Å²) in [5.41, 5.74) is 1.42. The van der Waals surface area contributed by atoms with Crippen molar-refractivity contribution in [2.45, 2.75) is 26.2 Å². The Morgan fingerprint density at radius 2 is 2.35 bits per heavy atom. The van der Waals surface area contributed by atoms with Gasteiger partial charge in [0.15, 0.2) is 0 Å². The van der Waals surface area contributed by atoms with E-state index in [9.17, 15) is 4.79 Å². The largest absolute Gasteiger partial charge is 0.478 e. The number of piperidine rings is 1. The molecule has 2 rings (SSSR count). The van der Waals surface area contributed by atoms with Crippen LogP contribution in [0.2, 0.25) is 0 Å². The molecule has 1 aromatic carbocycles. The topological polar surface area (TPSA) is 40.5 Å². The number of rotatable bonds is 3. The highest BCUT2D eigenvalue weighted by molar-refractivity contribution is 5.88. The maximum atomic E-state index is 10.9. The molecule has 1 aliphatic heterocycles. The van der Waals surface area contributed by atoms with Crippen molar-refractivity contribution in [1.29, 1.82) is 0 Å². The van der Waals surface area contributed by atoms with E-state index in [1.54, 1.807) is 12.1 Å². The number of carboxylic acids is 1. The second-order valence-electron chi connectivity index (χ2n) is 4.72. The highest BCUT2D eigenvalue weighted by Crippen LogP contribution is 2.25. The highest BCUT2D eigenvalue weighted by Gasteiger charge is 2.19. The first-order chi connectivity index (χ1) is 8.20. The van der Waals surface area contributed by atoms with Crippen molar-refractivity contribution < 1.29 is 9.90 Å². The fraction of sp³-hybridized carbons (Fsp3) is 0.500. The van der Waals surface area contributed by atoms with E-state index in [0.29, 0.717) is 5.56 Å². The van der Waals surface area contributed by atoms with Gasteiger partial charge in [0.25, 0.3) is 0 Å². The molecular weight excluding hydrogens is 214 g/mol. The van der Waals surface area contributed by atoms with Crippen LogP contribution in [-0.2, 0) is 0 Å². The van der Waals surface area contributed by atoms with E-state index in [0.717, 1.165) is 24.7 Å². The number of carbonyl (C=O) groups is 1. The van der Waals surface area contributed by atoms with Crippen LogP contribution in [0.4, 0.5) is 5.69 Å². The number of anilines is 1. The van der Waals surface area contributed by atoms with E-state index in [2.05, 4.69) is 11.8 Å². The standard InChI is InChI=1S/C14H19NO2/c1-2-11-5-4-8-15(10-11)13-7-3-6-12(9-13)14(16)17/h3,6-7,9,11H,2,4-5,8,10H2,1H3,(H,16,17). The molecule has 0 saturated carbocycles. The van der Waals surface area contributed by atoms with Crippen molar-refractivity contribution in [2.75, 3.05) is 18.0 Å². The molecule has 0 bridgehead atoms. The highest BCUT2D eigenvalue weighted by atomic mass is 16.4. The van der Waals surface area contributed by atoms with Crippen LogP contribution in [0.3, 0.4) is 0 Å². The lowest BCUT2D eigenvalue weighted by Gasteiger charge is -2.34. The van der Waals surface area contributed by atoms with Gasteiger partial charge in [-0.25, -0.2) is 4.79 Å². The molecule has 0 amide bonds. The molecule has 3 nitrogen and oxygen atoms in total. The van der Waals surface area contributed by atoms with Gasteiger partial charge in [-0.15, -0.1) is 0 Å². The van der Waals surface area contributed by atoms with E-state index >= 15 is 0 Å². The van der Waals surface area contributed by atoms with Gasteiger partial charge in [0.2, 0.25) is 0 Å². The minimum absolute atomic E-state index is 0.376. The summed E-state index contributed by atoms with van der Waals surface area (Å²) < 4.78 is 0. The molecule has 1 atom stereocenters. The van der Waals surface area contributed by atoms with Gasteiger partial charge in [0, 0.05) is 18.8 Å². The van der Waals surface area contributed by atoms with E-state index in [-0.39, 0.29) is 0 Å². The third kappa shape index (κ3) is 2.78. The Morgan fingerprint density at radius 3 is 3.06 bits per heavy atom. The molecule has 1 aromatic rings. The molecular formula is C14H19NO2. The van der Waals surface area contributed by atoms with Crippen molar-refractivity contribution in [3.05, 3.63) is 29.8 Å². The minimum Gasteiger partial charge on any atom is -0.478 e. The maximum Gasteiger partial charge on any atom is 0.335 e. The van der Waals surface area contributed by atoms with Gasteiger partial charge in [0.1, 0.15) is 0 Å². The second kappa shape index (κ2) is 5.21. The Balaban J connectivity index is 2.16. The molecule has 0 aliphatic carbocycles. The summed E-state index contributed by atoms with van der Waals surface area (Å²) in [5.74, 6) is -0.104. The van der Waals surface area contributed by atoms with Crippen molar-refractivity contribution in [2.24, 2.45) is 5.92 Å². The first kappa shape index (κ1) is 12.0. The van der Waals surface area contributed by atoms with Gasteiger partial charge >= 0.3 is 5.97 Å². The Bertz CT molecular complexity index is 403. The third-order valence-electron chi connectivity index (χ3n) is 3.55.